The summed E-state index contributed by atoms with van der Waals surface area (Å²) in [6.07, 6.45) is 10.4. The SMILES string of the molecule is CCCCC1=C(C(c2ccccc2)c2ccccc2)CC=[C-]1.[Cl-].[Cl-].[Cl-].[Ti+4]. The third kappa shape index (κ3) is 6.91. The van der Waals surface area contributed by atoms with Gasteiger partial charge in [-0.1, -0.05) is 104 Å². The predicted molar refractivity (Wildman–Crippen MR) is 93.7 cm³/mol. The number of hydrogen-bond acceptors (Lipinski definition) is 0. The van der Waals surface area contributed by atoms with Crippen molar-refractivity contribution < 1.29 is 58.9 Å². The van der Waals surface area contributed by atoms with Crippen LogP contribution in [-0.2, 0) is 21.7 Å². The van der Waals surface area contributed by atoms with Gasteiger partial charge in [-0.2, -0.15) is 11.6 Å². The van der Waals surface area contributed by atoms with E-state index in [1.54, 1.807) is 0 Å². The molecule has 0 atom stereocenters. The van der Waals surface area contributed by atoms with E-state index in [2.05, 4.69) is 79.7 Å². The van der Waals surface area contributed by atoms with Crippen LogP contribution >= 0.6 is 0 Å². The predicted octanol–water partition coefficient (Wildman–Crippen LogP) is -2.92. The molecule has 26 heavy (non-hydrogen) atoms. The first-order valence-electron chi connectivity index (χ1n) is 8.30. The minimum absolute atomic E-state index is 0. The minimum Gasteiger partial charge on any atom is -1.00 e. The van der Waals surface area contributed by atoms with Crippen molar-refractivity contribution in [1.29, 1.82) is 0 Å². The van der Waals surface area contributed by atoms with Crippen molar-refractivity contribution in [2.24, 2.45) is 0 Å². The fourth-order valence-corrected chi connectivity index (χ4v) is 3.26. The molecule has 0 saturated carbocycles. The number of hydrogen-bond donors (Lipinski definition) is 0. The van der Waals surface area contributed by atoms with Gasteiger partial charge in [-0.15, -0.1) is 0 Å². The molecule has 0 aromatic heterocycles. The summed E-state index contributed by atoms with van der Waals surface area (Å²) in [7, 11) is 0. The van der Waals surface area contributed by atoms with Crippen molar-refractivity contribution in [2.45, 2.75) is 38.5 Å². The standard InChI is InChI=1S/C22H23.3ClH.Ti/c1-2-3-11-18-16-10-17-21(18)22(19-12-6-4-7-13-19)20-14-8-5-9-15-20;;;;/h4-10,12-15,22H,2-3,11,17H2,1H3;3*1H;/q-1;;;;+4/p-3. The minimum atomic E-state index is 0. The third-order valence-electron chi connectivity index (χ3n) is 4.38. The van der Waals surface area contributed by atoms with Gasteiger partial charge in [0.1, 0.15) is 0 Å². The molecule has 2 aromatic rings. The molecule has 0 amide bonds. The summed E-state index contributed by atoms with van der Waals surface area (Å²) in [4.78, 5) is 0. The van der Waals surface area contributed by atoms with Crippen LogP contribution in [0.3, 0.4) is 0 Å². The molecule has 0 radical (unpaired) electrons. The summed E-state index contributed by atoms with van der Waals surface area (Å²) in [6.45, 7) is 2.25. The van der Waals surface area contributed by atoms with Crippen LogP contribution in [0.1, 0.15) is 49.7 Å². The van der Waals surface area contributed by atoms with Gasteiger partial charge in [-0.05, 0) is 5.92 Å². The topological polar surface area (TPSA) is 0 Å². The Balaban J connectivity index is 0. The summed E-state index contributed by atoms with van der Waals surface area (Å²) < 4.78 is 0. The van der Waals surface area contributed by atoms with E-state index in [0.29, 0.717) is 5.92 Å². The van der Waals surface area contributed by atoms with Gasteiger partial charge < -0.3 is 37.2 Å². The molecule has 2 aromatic carbocycles. The summed E-state index contributed by atoms with van der Waals surface area (Å²) in [5.41, 5.74) is 5.73. The Labute approximate surface area is 191 Å². The molecule has 0 spiro atoms. The second-order valence-electron chi connectivity index (χ2n) is 5.91. The Morgan fingerprint density at radius 3 is 1.81 bits per heavy atom. The molecule has 1 aliphatic carbocycles. The van der Waals surface area contributed by atoms with Gasteiger partial charge >= 0.3 is 21.7 Å². The van der Waals surface area contributed by atoms with Gasteiger partial charge in [0.25, 0.3) is 0 Å². The molecule has 0 N–H and O–H groups in total. The van der Waals surface area contributed by atoms with E-state index >= 15 is 0 Å². The zero-order valence-corrected chi connectivity index (χ0v) is 18.7. The first-order chi connectivity index (χ1) is 10.9. The van der Waals surface area contributed by atoms with Gasteiger partial charge in [0.05, 0.1) is 0 Å². The van der Waals surface area contributed by atoms with Crippen molar-refractivity contribution in [3.63, 3.8) is 0 Å². The Hall–Kier alpha value is -0.496. The molecule has 0 heterocycles. The maximum absolute atomic E-state index is 3.52. The first kappa shape index (κ1) is 27.7. The smallest absolute Gasteiger partial charge is 1.00 e. The van der Waals surface area contributed by atoms with Crippen LogP contribution < -0.4 is 37.2 Å². The normalized spacial score (nSPS) is 11.9. The largest absolute Gasteiger partial charge is 4.00 e. The van der Waals surface area contributed by atoms with E-state index in [9.17, 15) is 0 Å². The zero-order chi connectivity index (χ0) is 15.2. The van der Waals surface area contributed by atoms with Crippen molar-refractivity contribution in [2.75, 3.05) is 0 Å². The van der Waals surface area contributed by atoms with Crippen molar-refractivity contribution in [3.8, 4) is 0 Å². The summed E-state index contributed by atoms with van der Waals surface area (Å²) in [5.74, 6) is 0.362. The molecule has 0 unspecified atom stereocenters. The number of unbranched alkanes of at least 4 members (excludes halogenated alkanes) is 1. The van der Waals surface area contributed by atoms with E-state index in [0.717, 1.165) is 12.8 Å². The Bertz CT molecular complexity index is 627. The van der Waals surface area contributed by atoms with E-state index in [-0.39, 0.29) is 58.9 Å². The van der Waals surface area contributed by atoms with Crippen LogP contribution in [0, 0.1) is 6.08 Å². The average molecular weight is 442 g/mol. The van der Waals surface area contributed by atoms with E-state index < -0.39 is 0 Å². The fraction of sp³-hybridized carbons (Fsp3) is 0.273. The van der Waals surface area contributed by atoms with Crippen LogP contribution in [0.25, 0.3) is 0 Å². The summed E-state index contributed by atoms with van der Waals surface area (Å²) >= 11 is 0. The molecule has 0 aliphatic heterocycles. The van der Waals surface area contributed by atoms with Crippen LogP contribution in [0.2, 0.25) is 0 Å². The Morgan fingerprint density at radius 1 is 0.846 bits per heavy atom. The molecule has 0 fully saturated rings. The fourth-order valence-electron chi connectivity index (χ4n) is 3.26. The molecule has 4 heteroatoms. The van der Waals surface area contributed by atoms with Crippen LogP contribution in [0.5, 0.6) is 0 Å². The van der Waals surface area contributed by atoms with E-state index in [1.807, 2.05) is 0 Å². The average Bonchev–Trinajstić information content (AvgIpc) is 3.03. The van der Waals surface area contributed by atoms with Gasteiger partial charge in [-0.3, -0.25) is 6.08 Å². The van der Waals surface area contributed by atoms with Crippen molar-refractivity contribution in [1.82, 2.24) is 0 Å². The number of rotatable bonds is 6. The quantitative estimate of drug-likeness (QED) is 0.333. The van der Waals surface area contributed by atoms with Gasteiger partial charge in [-0.25, -0.2) is 5.57 Å². The number of halogens is 3. The molecule has 3 rings (SSSR count). The second kappa shape index (κ2) is 14.5. The zero-order valence-electron chi connectivity index (χ0n) is 14.9. The van der Waals surface area contributed by atoms with E-state index in [1.165, 1.54) is 35.1 Å². The van der Waals surface area contributed by atoms with Gasteiger partial charge in [0, 0.05) is 0 Å². The van der Waals surface area contributed by atoms with E-state index in [4.69, 9.17) is 0 Å². The molecule has 0 nitrogen and oxygen atoms in total. The van der Waals surface area contributed by atoms with Crippen LogP contribution in [-0.4, -0.2) is 0 Å². The number of allylic oxidation sites excluding steroid dienone is 4. The maximum atomic E-state index is 3.52. The van der Waals surface area contributed by atoms with Crippen LogP contribution in [0.15, 0.2) is 77.9 Å². The molecule has 0 saturated heterocycles. The Morgan fingerprint density at radius 2 is 1.35 bits per heavy atom. The van der Waals surface area contributed by atoms with Gasteiger partial charge in [0.15, 0.2) is 0 Å². The Kier molecular flexibility index (Phi) is 15.5. The molecular formula is C22H23Cl3Ti. The van der Waals surface area contributed by atoms with Crippen molar-refractivity contribution >= 4 is 0 Å². The first-order valence-corrected chi connectivity index (χ1v) is 8.30. The van der Waals surface area contributed by atoms with Crippen molar-refractivity contribution in [3.05, 3.63) is 95.1 Å². The number of benzene rings is 2. The summed E-state index contributed by atoms with van der Waals surface area (Å²) in [6, 6.07) is 21.8. The molecule has 1 aliphatic rings. The molecule has 136 valence electrons. The van der Waals surface area contributed by atoms with Gasteiger partial charge in [0.2, 0.25) is 0 Å². The third-order valence-corrected chi connectivity index (χ3v) is 4.38. The molecule has 0 bridgehead atoms. The second-order valence-corrected chi connectivity index (χ2v) is 5.91. The summed E-state index contributed by atoms with van der Waals surface area (Å²) in [5, 5.41) is 0. The maximum Gasteiger partial charge on any atom is 4.00 e. The molecular weight excluding hydrogens is 418 g/mol. The van der Waals surface area contributed by atoms with Crippen LogP contribution in [0.4, 0.5) is 0 Å². The monoisotopic (exact) mass is 440 g/mol.